The summed E-state index contributed by atoms with van der Waals surface area (Å²) in [6.07, 6.45) is 2.67. The van der Waals surface area contributed by atoms with E-state index in [4.69, 9.17) is 18.9 Å². The van der Waals surface area contributed by atoms with E-state index in [1.165, 1.54) is 57.7 Å². The highest BCUT2D eigenvalue weighted by Gasteiger charge is 2.13. The van der Waals surface area contributed by atoms with Crippen molar-refractivity contribution in [3.63, 3.8) is 0 Å². The van der Waals surface area contributed by atoms with Gasteiger partial charge in [-0.15, -0.1) is 0 Å². The van der Waals surface area contributed by atoms with Crippen LogP contribution in [0.2, 0.25) is 0 Å². The van der Waals surface area contributed by atoms with E-state index in [2.05, 4.69) is 0 Å². The summed E-state index contributed by atoms with van der Waals surface area (Å²) in [5.74, 6) is -0.252. The van der Waals surface area contributed by atoms with Crippen LogP contribution in [0.1, 0.15) is 15.9 Å². The lowest BCUT2D eigenvalue weighted by Gasteiger charge is -2.12. The van der Waals surface area contributed by atoms with Crippen LogP contribution >= 0.6 is 0 Å². The zero-order valence-corrected chi connectivity index (χ0v) is 15.2. The molecule has 0 aliphatic heterocycles. The van der Waals surface area contributed by atoms with Gasteiger partial charge in [-0.1, -0.05) is 0 Å². The molecule has 0 bridgehead atoms. The van der Waals surface area contributed by atoms with E-state index >= 15 is 0 Å². The van der Waals surface area contributed by atoms with Crippen molar-refractivity contribution in [1.29, 1.82) is 0 Å². The third-order valence-electron chi connectivity index (χ3n) is 3.61. The summed E-state index contributed by atoms with van der Waals surface area (Å²) >= 11 is 0. The van der Waals surface area contributed by atoms with Gasteiger partial charge in [0.1, 0.15) is 5.82 Å². The number of benzene rings is 2. The number of ketones is 1. The summed E-state index contributed by atoms with van der Waals surface area (Å²) in [5.41, 5.74) is 0.879. The van der Waals surface area contributed by atoms with E-state index in [9.17, 15) is 14.0 Å². The van der Waals surface area contributed by atoms with Gasteiger partial charge in [0.05, 0.1) is 21.3 Å². The third kappa shape index (κ3) is 5.31. The lowest BCUT2D eigenvalue weighted by atomic mass is 10.1. The number of hydrogen-bond donors (Lipinski definition) is 0. The van der Waals surface area contributed by atoms with Crippen LogP contribution in [0.3, 0.4) is 0 Å². The van der Waals surface area contributed by atoms with E-state index in [-0.39, 0.29) is 5.56 Å². The lowest BCUT2D eigenvalue weighted by Crippen LogP contribution is -2.12. The summed E-state index contributed by atoms with van der Waals surface area (Å²) in [4.78, 5) is 23.7. The normalized spacial score (nSPS) is 10.5. The Kier molecular flexibility index (Phi) is 6.93. The molecule has 142 valence electrons. The van der Waals surface area contributed by atoms with Gasteiger partial charge in [-0.3, -0.25) is 4.79 Å². The fourth-order valence-electron chi connectivity index (χ4n) is 2.27. The molecule has 2 aromatic rings. The molecule has 0 fully saturated rings. The van der Waals surface area contributed by atoms with E-state index in [1.54, 1.807) is 12.1 Å². The molecule has 0 atom stereocenters. The van der Waals surface area contributed by atoms with Crippen LogP contribution < -0.4 is 14.2 Å². The van der Waals surface area contributed by atoms with Crippen molar-refractivity contribution in [2.75, 3.05) is 27.9 Å². The Morgan fingerprint density at radius 3 is 2.07 bits per heavy atom. The molecule has 6 nitrogen and oxygen atoms in total. The van der Waals surface area contributed by atoms with Crippen LogP contribution in [0, 0.1) is 5.82 Å². The minimum absolute atomic E-state index is 0.262. The molecule has 0 unspecified atom stereocenters. The number of ether oxygens (including phenoxy) is 4. The highest BCUT2D eigenvalue weighted by Crippen LogP contribution is 2.38. The van der Waals surface area contributed by atoms with Gasteiger partial charge in [0.2, 0.25) is 5.75 Å². The first-order chi connectivity index (χ1) is 13.0. The zero-order chi connectivity index (χ0) is 19.8. The Bertz CT molecular complexity index is 817. The summed E-state index contributed by atoms with van der Waals surface area (Å²) in [7, 11) is 4.46. The van der Waals surface area contributed by atoms with Gasteiger partial charge < -0.3 is 18.9 Å². The summed E-state index contributed by atoms with van der Waals surface area (Å²) in [6, 6.07) is 8.32. The molecule has 0 aromatic heterocycles. The van der Waals surface area contributed by atoms with Gasteiger partial charge in [-0.2, -0.15) is 0 Å². The number of carbonyl (C=O) groups is 2. The van der Waals surface area contributed by atoms with Crippen molar-refractivity contribution in [2.45, 2.75) is 0 Å². The molecule has 27 heavy (non-hydrogen) atoms. The van der Waals surface area contributed by atoms with Gasteiger partial charge in [0.15, 0.2) is 23.9 Å². The first-order valence-electron chi connectivity index (χ1n) is 7.92. The SMILES string of the molecule is COc1cc(C=CC(=O)OCC(=O)c2ccc(F)cc2)cc(OC)c1OC. The molecule has 0 saturated carbocycles. The van der Waals surface area contributed by atoms with E-state index in [0.717, 1.165) is 0 Å². The van der Waals surface area contributed by atoms with Crippen LogP contribution in [-0.2, 0) is 9.53 Å². The van der Waals surface area contributed by atoms with Crippen LogP contribution in [0.15, 0.2) is 42.5 Å². The number of esters is 1. The van der Waals surface area contributed by atoms with Gasteiger partial charge in [-0.05, 0) is 48.0 Å². The van der Waals surface area contributed by atoms with Crippen molar-refractivity contribution in [3.8, 4) is 17.2 Å². The molecule has 0 aliphatic rings. The molecular formula is C20H19FO6. The van der Waals surface area contributed by atoms with E-state index < -0.39 is 24.2 Å². The minimum Gasteiger partial charge on any atom is -0.493 e. The molecular weight excluding hydrogens is 355 g/mol. The molecule has 2 rings (SSSR count). The zero-order valence-electron chi connectivity index (χ0n) is 15.2. The Hall–Kier alpha value is -3.35. The fraction of sp³-hybridized carbons (Fsp3) is 0.200. The average molecular weight is 374 g/mol. The number of Topliss-reactive ketones (excluding diaryl/α,β-unsaturated/α-hetero) is 1. The quantitative estimate of drug-likeness (QED) is 0.401. The van der Waals surface area contributed by atoms with Crippen molar-refractivity contribution in [1.82, 2.24) is 0 Å². The number of hydrogen-bond acceptors (Lipinski definition) is 6. The Labute approximate surface area is 156 Å². The van der Waals surface area contributed by atoms with Gasteiger partial charge in [0, 0.05) is 11.6 Å². The van der Waals surface area contributed by atoms with Crippen molar-refractivity contribution in [3.05, 3.63) is 59.4 Å². The Morgan fingerprint density at radius 2 is 1.56 bits per heavy atom. The standard InChI is InChI=1S/C20H19FO6/c1-24-17-10-13(11-18(25-2)20(17)26-3)4-9-19(23)27-12-16(22)14-5-7-15(21)8-6-14/h4-11H,12H2,1-3H3. The van der Waals surface area contributed by atoms with Gasteiger partial charge in [0.25, 0.3) is 0 Å². The Morgan fingerprint density at radius 1 is 0.963 bits per heavy atom. The molecule has 2 aromatic carbocycles. The smallest absolute Gasteiger partial charge is 0.331 e. The highest BCUT2D eigenvalue weighted by atomic mass is 19.1. The molecule has 0 radical (unpaired) electrons. The molecule has 0 N–H and O–H groups in total. The second kappa shape index (κ2) is 9.38. The summed E-state index contributed by atoms with van der Waals surface area (Å²) in [5, 5.41) is 0. The molecule has 0 spiro atoms. The first kappa shape index (κ1) is 20.0. The monoisotopic (exact) mass is 374 g/mol. The van der Waals surface area contributed by atoms with Crippen LogP contribution in [-0.4, -0.2) is 39.7 Å². The molecule has 7 heteroatoms. The fourth-order valence-corrected chi connectivity index (χ4v) is 2.27. The van der Waals surface area contributed by atoms with Crippen molar-refractivity contribution >= 4 is 17.8 Å². The van der Waals surface area contributed by atoms with Crippen molar-refractivity contribution in [2.24, 2.45) is 0 Å². The Balaban J connectivity index is 2.01. The second-order valence-corrected chi connectivity index (χ2v) is 5.33. The highest BCUT2D eigenvalue weighted by molar-refractivity contribution is 5.98. The van der Waals surface area contributed by atoms with Crippen LogP contribution in [0.4, 0.5) is 4.39 Å². The lowest BCUT2D eigenvalue weighted by molar-refractivity contribution is -0.136. The number of rotatable bonds is 8. The maximum absolute atomic E-state index is 12.9. The summed E-state index contributed by atoms with van der Waals surface area (Å²) in [6.45, 7) is -0.440. The maximum atomic E-state index is 12.9. The number of methoxy groups -OCH3 is 3. The minimum atomic E-state index is -0.695. The first-order valence-corrected chi connectivity index (χ1v) is 7.92. The third-order valence-corrected chi connectivity index (χ3v) is 3.61. The molecule has 0 heterocycles. The van der Waals surface area contributed by atoms with Crippen LogP contribution in [0.5, 0.6) is 17.2 Å². The molecule has 0 aliphatic carbocycles. The van der Waals surface area contributed by atoms with E-state index in [0.29, 0.717) is 22.8 Å². The predicted molar refractivity (Wildman–Crippen MR) is 96.8 cm³/mol. The van der Waals surface area contributed by atoms with Crippen molar-refractivity contribution < 1.29 is 32.9 Å². The van der Waals surface area contributed by atoms with Gasteiger partial charge in [-0.25, -0.2) is 9.18 Å². The largest absolute Gasteiger partial charge is 0.493 e. The molecule has 0 saturated heterocycles. The van der Waals surface area contributed by atoms with Crippen LogP contribution in [0.25, 0.3) is 6.08 Å². The van der Waals surface area contributed by atoms with Gasteiger partial charge >= 0.3 is 5.97 Å². The average Bonchev–Trinajstić information content (AvgIpc) is 2.69. The summed E-state index contributed by atoms with van der Waals surface area (Å²) < 4.78 is 33.5. The predicted octanol–water partition coefficient (Wildman–Crippen LogP) is 3.29. The topological polar surface area (TPSA) is 71.1 Å². The second-order valence-electron chi connectivity index (χ2n) is 5.33. The number of halogens is 1. The van der Waals surface area contributed by atoms with E-state index in [1.807, 2.05) is 0 Å². The number of carbonyl (C=O) groups excluding carboxylic acids is 2. The maximum Gasteiger partial charge on any atom is 0.331 e. The molecule has 0 amide bonds.